The first-order valence-electron chi connectivity index (χ1n) is 7.33. The van der Waals surface area contributed by atoms with E-state index in [1.54, 1.807) is 13.8 Å². The minimum absolute atomic E-state index is 0.0677. The number of allylic oxidation sites excluding steroid dienone is 1. The summed E-state index contributed by atoms with van der Waals surface area (Å²) in [5.74, 6) is -2.48. The summed E-state index contributed by atoms with van der Waals surface area (Å²) in [5.41, 5.74) is -0.500. The summed E-state index contributed by atoms with van der Waals surface area (Å²) in [7, 11) is 0. The number of ether oxygens (including phenoxy) is 2. The van der Waals surface area contributed by atoms with Crippen molar-refractivity contribution in [2.45, 2.75) is 58.7 Å². The molecule has 21 heavy (non-hydrogen) atoms. The Labute approximate surface area is 124 Å². The van der Waals surface area contributed by atoms with E-state index in [1.165, 1.54) is 6.92 Å². The molecule has 1 aliphatic heterocycles. The van der Waals surface area contributed by atoms with Crippen molar-refractivity contribution in [2.24, 2.45) is 11.3 Å². The van der Waals surface area contributed by atoms with E-state index in [2.05, 4.69) is 6.58 Å². The highest BCUT2D eigenvalue weighted by atomic mass is 16.7. The van der Waals surface area contributed by atoms with Crippen LogP contribution in [0.4, 0.5) is 0 Å². The van der Waals surface area contributed by atoms with E-state index in [4.69, 9.17) is 9.47 Å². The fourth-order valence-corrected chi connectivity index (χ4v) is 3.29. The number of rotatable bonds is 4. The number of hydrogen-bond donors (Lipinski definition) is 0. The van der Waals surface area contributed by atoms with E-state index in [0.717, 1.165) is 12.0 Å². The average Bonchev–Trinajstić information content (AvgIpc) is 2.78. The topological polar surface area (TPSA) is 69.7 Å². The Morgan fingerprint density at radius 1 is 1.24 bits per heavy atom. The number of carbonyl (C=O) groups excluding carboxylic acids is 3. The van der Waals surface area contributed by atoms with Gasteiger partial charge >= 0.3 is 11.9 Å². The van der Waals surface area contributed by atoms with Crippen LogP contribution in [-0.4, -0.2) is 23.5 Å². The molecule has 2 aliphatic rings. The van der Waals surface area contributed by atoms with Crippen LogP contribution in [-0.2, 0) is 23.9 Å². The Kier molecular flexibility index (Phi) is 3.95. The molecule has 1 atom stereocenters. The van der Waals surface area contributed by atoms with Crippen LogP contribution >= 0.6 is 0 Å². The predicted molar refractivity (Wildman–Crippen MR) is 75.1 cm³/mol. The summed E-state index contributed by atoms with van der Waals surface area (Å²) < 4.78 is 10.6. The maximum atomic E-state index is 12.5. The lowest BCUT2D eigenvalue weighted by Crippen LogP contribution is -2.55. The summed E-state index contributed by atoms with van der Waals surface area (Å²) in [6, 6.07) is 0. The van der Waals surface area contributed by atoms with Crippen molar-refractivity contribution in [2.75, 3.05) is 0 Å². The van der Waals surface area contributed by atoms with Gasteiger partial charge in [0, 0.05) is 26.2 Å². The van der Waals surface area contributed by atoms with Crippen LogP contribution in [0.5, 0.6) is 0 Å². The lowest BCUT2D eigenvalue weighted by Gasteiger charge is -2.41. The van der Waals surface area contributed by atoms with Crippen molar-refractivity contribution >= 4 is 17.7 Å². The highest BCUT2D eigenvalue weighted by Gasteiger charge is 2.62. The van der Waals surface area contributed by atoms with Gasteiger partial charge in [0.05, 0.1) is 0 Å². The lowest BCUT2D eigenvalue weighted by atomic mass is 9.72. The molecule has 0 aromatic carbocycles. The van der Waals surface area contributed by atoms with Gasteiger partial charge in [0.15, 0.2) is 5.41 Å². The molecule has 5 nitrogen and oxygen atoms in total. The highest BCUT2D eigenvalue weighted by molar-refractivity contribution is 6.02. The van der Waals surface area contributed by atoms with E-state index < -0.39 is 23.1 Å². The fourth-order valence-electron chi connectivity index (χ4n) is 3.29. The van der Waals surface area contributed by atoms with Gasteiger partial charge in [-0.25, -0.2) is 0 Å². The zero-order chi connectivity index (χ0) is 15.8. The fraction of sp³-hybridized carbons (Fsp3) is 0.688. The van der Waals surface area contributed by atoms with Crippen LogP contribution in [0.25, 0.3) is 0 Å². The van der Waals surface area contributed by atoms with Crippen molar-refractivity contribution in [3.05, 3.63) is 12.2 Å². The zero-order valence-electron chi connectivity index (χ0n) is 12.9. The van der Waals surface area contributed by atoms with Gasteiger partial charge in [-0.2, -0.15) is 0 Å². The van der Waals surface area contributed by atoms with Crippen LogP contribution < -0.4 is 0 Å². The van der Waals surface area contributed by atoms with Crippen molar-refractivity contribution in [3.63, 3.8) is 0 Å². The largest absolute Gasteiger partial charge is 0.422 e. The van der Waals surface area contributed by atoms with Crippen LogP contribution in [0, 0.1) is 11.3 Å². The molecule has 116 valence electrons. The summed E-state index contributed by atoms with van der Waals surface area (Å²) in [6.07, 6.45) is 2.73. The Morgan fingerprint density at radius 3 is 2.33 bits per heavy atom. The third kappa shape index (κ3) is 2.74. The number of ketones is 1. The molecule has 1 heterocycles. The van der Waals surface area contributed by atoms with Crippen molar-refractivity contribution < 1.29 is 23.9 Å². The molecule has 0 bridgehead atoms. The van der Waals surface area contributed by atoms with Gasteiger partial charge in [-0.1, -0.05) is 18.6 Å². The average molecular weight is 294 g/mol. The first-order chi connectivity index (χ1) is 9.69. The van der Waals surface area contributed by atoms with Crippen molar-refractivity contribution in [3.8, 4) is 0 Å². The molecule has 0 aromatic rings. The summed E-state index contributed by atoms with van der Waals surface area (Å²) in [6.45, 7) is 8.60. The second-order valence-corrected chi connectivity index (χ2v) is 6.46. The molecule has 0 N–H and O–H groups in total. The summed E-state index contributed by atoms with van der Waals surface area (Å²) in [4.78, 5) is 36.1. The van der Waals surface area contributed by atoms with E-state index >= 15 is 0 Å². The molecule has 1 spiro atoms. The van der Waals surface area contributed by atoms with Crippen molar-refractivity contribution in [1.82, 2.24) is 0 Å². The highest BCUT2D eigenvalue weighted by Crippen LogP contribution is 2.52. The monoisotopic (exact) mass is 294 g/mol. The van der Waals surface area contributed by atoms with Crippen LogP contribution in [0.3, 0.4) is 0 Å². The quantitative estimate of drug-likeness (QED) is 0.453. The van der Waals surface area contributed by atoms with Gasteiger partial charge in [0.2, 0.25) is 0 Å². The smallest absolute Gasteiger partial charge is 0.327 e. The zero-order valence-corrected chi connectivity index (χ0v) is 12.9. The molecule has 1 saturated carbocycles. The SMILES string of the molecule is C=C(CCC(C)=O)C1CCCC12C(=O)OC(C)(C)OC2=O. The molecule has 2 rings (SSSR count). The molecular formula is C16H22O5. The molecule has 1 unspecified atom stereocenters. The Hall–Kier alpha value is -1.65. The number of carbonyl (C=O) groups is 3. The van der Waals surface area contributed by atoms with Gasteiger partial charge < -0.3 is 14.3 Å². The first kappa shape index (κ1) is 15.7. The third-order valence-electron chi connectivity index (χ3n) is 4.36. The van der Waals surface area contributed by atoms with Crippen LogP contribution in [0.1, 0.15) is 52.9 Å². The molecule has 0 amide bonds. The van der Waals surface area contributed by atoms with Gasteiger partial charge in [-0.05, 0) is 26.2 Å². The number of Topliss-reactive ketones (excluding diaryl/α,β-unsaturated/α-hetero) is 1. The van der Waals surface area contributed by atoms with E-state index in [0.29, 0.717) is 25.7 Å². The minimum Gasteiger partial charge on any atom is -0.422 e. The standard InChI is InChI=1S/C16H22O5/c1-10(7-8-11(2)17)12-6-5-9-16(12)13(18)20-15(3,4)21-14(16)19/h12H,1,5-9H2,2-4H3. The molecule has 2 fully saturated rings. The van der Waals surface area contributed by atoms with E-state index in [-0.39, 0.29) is 11.7 Å². The Morgan fingerprint density at radius 2 is 1.81 bits per heavy atom. The molecule has 0 aromatic heterocycles. The number of esters is 2. The molecule has 1 saturated heterocycles. The van der Waals surface area contributed by atoms with E-state index in [1.807, 2.05) is 0 Å². The first-order valence-corrected chi connectivity index (χ1v) is 7.33. The van der Waals surface area contributed by atoms with Crippen molar-refractivity contribution in [1.29, 1.82) is 0 Å². The van der Waals surface area contributed by atoms with E-state index in [9.17, 15) is 14.4 Å². The normalized spacial score (nSPS) is 26.3. The predicted octanol–water partition coefficient (Wildman–Crippen LogP) is 2.53. The van der Waals surface area contributed by atoms with Crippen LogP contribution in [0.2, 0.25) is 0 Å². The second kappa shape index (κ2) is 5.28. The van der Waals surface area contributed by atoms with Gasteiger partial charge in [0.1, 0.15) is 5.78 Å². The Bertz CT molecular complexity index is 483. The minimum atomic E-state index is -1.26. The second-order valence-electron chi connectivity index (χ2n) is 6.46. The Balaban J connectivity index is 2.24. The van der Waals surface area contributed by atoms with Crippen LogP contribution in [0.15, 0.2) is 12.2 Å². The van der Waals surface area contributed by atoms with Gasteiger partial charge in [-0.3, -0.25) is 9.59 Å². The molecule has 0 radical (unpaired) electrons. The lowest BCUT2D eigenvalue weighted by molar-refractivity contribution is -0.253. The maximum Gasteiger partial charge on any atom is 0.327 e. The van der Waals surface area contributed by atoms with Gasteiger partial charge in [0.25, 0.3) is 5.79 Å². The third-order valence-corrected chi connectivity index (χ3v) is 4.36. The van der Waals surface area contributed by atoms with Gasteiger partial charge in [-0.15, -0.1) is 0 Å². The number of hydrogen-bond acceptors (Lipinski definition) is 5. The molecule has 5 heteroatoms. The molecule has 1 aliphatic carbocycles. The summed E-state index contributed by atoms with van der Waals surface area (Å²) >= 11 is 0. The number of cyclic esters (lactones) is 2. The maximum absolute atomic E-state index is 12.5. The summed E-state index contributed by atoms with van der Waals surface area (Å²) in [5, 5.41) is 0. The molecular weight excluding hydrogens is 272 g/mol.